The van der Waals surface area contributed by atoms with E-state index < -0.39 is 10.9 Å². The van der Waals surface area contributed by atoms with Crippen LogP contribution < -0.4 is 0 Å². The normalized spacial score (nSPS) is 10.7. The minimum atomic E-state index is -0.954. The molecular formula is C13H20N4O5. The van der Waals surface area contributed by atoms with Crippen LogP contribution in [0.4, 0.5) is 5.69 Å². The molecule has 0 radical (unpaired) electrons. The molecule has 0 saturated carbocycles. The van der Waals surface area contributed by atoms with Gasteiger partial charge in [0.2, 0.25) is 5.91 Å². The third-order valence-corrected chi connectivity index (χ3v) is 2.92. The first kappa shape index (κ1) is 17.6. The summed E-state index contributed by atoms with van der Waals surface area (Å²) in [6, 6.07) is 0. The van der Waals surface area contributed by atoms with Gasteiger partial charge in [0.15, 0.2) is 0 Å². The van der Waals surface area contributed by atoms with E-state index in [0.29, 0.717) is 6.54 Å². The van der Waals surface area contributed by atoms with Crippen molar-refractivity contribution in [3.8, 4) is 0 Å². The lowest BCUT2D eigenvalue weighted by Crippen LogP contribution is -2.36. The Morgan fingerprint density at radius 1 is 1.45 bits per heavy atom. The molecule has 1 amide bonds. The van der Waals surface area contributed by atoms with E-state index >= 15 is 0 Å². The van der Waals surface area contributed by atoms with Gasteiger partial charge in [-0.15, -0.1) is 0 Å². The van der Waals surface area contributed by atoms with Crippen LogP contribution in [-0.4, -0.2) is 49.7 Å². The largest absolute Gasteiger partial charge is 0.481 e. The van der Waals surface area contributed by atoms with Gasteiger partial charge in [-0.2, -0.15) is 5.10 Å². The van der Waals surface area contributed by atoms with E-state index in [-0.39, 0.29) is 43.4 Å². The molecule has 1 aromatic rings. The molecule has 9 heteroatoms. The van der Waals surface area contributed by atoms with Crippen LogP contribution in [0, 0.1) is 16.0 Å². The first-order chi connectivity index (χ1) is 10.3. The molecule has 122 valence electrons. The molecule has 0 spiro atoms. The van der Waals surface area contributed by atoms with Crippen LogP contribution in [0.2, 0.25) is 0 Å². The maximum absolute atomic E-state index is 12.2. The summed E-state index contributed by atoms with van der Waals surface area (Å²) in [6.07, 6.45) is 2.40. The number of carboxylic acid groups (broad SMARTS) is 1. The highest BCUT2D eigenvalue weighted by Gasteiger charge is 2.17. The Labute approximate surface area is 127 Å². The van der Waals surface area contributed by atoms with E-state index in [2.05, 4.69) is 5.10 Å². The smallest absolute Gasteiger partial charge is 0.306 e. The number of carbonyl (C=O) groups excluding carboxylic acids is 1. The minimum absolute atomic E-state index is 0.105. The quantitative estimate of drug-likeness (QED) is 0.539. The molecule has 1 aromatic heterocycles. The van der Waals surface area contributed by atoms with E-state index in [4.69, 9.17) is 5.11 Å². The Hall–Kier alpha value is -2.45. The van der Waals surface area contributed by atoms with Crippen molar-refractivity contribution in [1.82, 2.24) is 14.7 Å². The van der Waals surface area contributed by atoms with E-state index in [1.54, 1.807) is 0 Å². The predicted octanol–water partition coefficient (Wildman–Crippen LogP) is 1.14. The molecule has 1 rings (SSSR count). The number of hydrogen-bond acceptors (Lipinski definition) is 5. The van der Waals surface area contributed by atoms with Gasteiger partial charge in [0.1, 0.15) is 12.4 Å². The van der Waals surface area contributed by atoms with Crippen molar-refractivity contribution in [3.63, 3.8) is 0 Å². The number of nitro groups is 1. The molecule has 0 fully saturated rings. The highest BCUT2D eigenvalue weighted by Crippen LogP contribution is 2.09. The lowest BCUT2D eigenvalue weighted by Gasteiger charge is -2.24. The number of rotatable bonds is 9. The summed E-state index contributed by atoms with van der Waals surface area (Å²) in [5.74, 6) is -0.916. The molecule has 0 unspecified atom stereocenters. The van der Waals surface area contributed by atoms with E-state index in [1.807, 2.05) is 13.8 Å². The third-order valence-electron chi connectivity index (χ3n) is 2.92. The molecule has 0 aliphatic heterocycles. The standard InChI is InChI=1S/C13H20N4O5/c1-10(2)8-15(5-4-13(19)20)12(18)3-6-16-9-11(7-14-16)17(21)22/h7,9-10H,3-6,8H2,1-2H3,(H,19,20). The molecule has 0 aromatic carbocycles. The number of hydrogen-bond donors (Lipinski definition) is 1. The summed E-state index contributed by atoms with van der Waals surface area (Å²) in [5.41, 5.74) is -0.127. The second-order valence-electron chi connectivity index (χ2n) is 5.35. The van der Waals surface area contributed by atoms with Crippen LogP contribution >= 0.6 is 0 Å². The molecule has 0 aliphatic carbocycles. The van der Waals surface area contributed by atoms with E-state index in [9.17, 15) is 19.7 Å². The van der Waals surface area contributed by atoms with Gasteiger partial charge < -0.3 is 10.0 Å². The van der Waals surface area contributed by atoms with Crippen molar-refractivity contribution in [3.05, 3.63) is 22.5 Å². The maximum Gasteiger partial charge on any atom is 0.306 e. The van der Waals surface area contributed by atoms with Gasteiger partial charge in [-0.1, -0.05) is 13.8 Å². The highest BCUT2D eigenvalue weighted by atomic mass is 16.6. The molecule has 0 atom stereocenters. The minimum Gasteiger partial charge on any atom is -0.481 e. The fraction of sp³-hybridized carbons (Fsp3) is 0.615. The number of amides is 1. The lowest BCUT2D eigenvalue weighted by atomic mass is 10.2. The number of aromatic nitrogens is 2. The first-order valence-corrected chi connectivity index (χ1v) is 6.96. The average molecular weight is 312 g/mol. The average Bonchev–Trinajstić information content (AvgIpc) is 2.89. The van der Waals surface area contributed by atoms with Gasteiger partial charge in [-0.25, -0.2) is 0 Å². The van der Waals surface area contributed by atoms with Gasteiger partial charge in [0.05, 0.1) is 11.3 Å². The molecule has 1 N–H and O–H groups in total. The second-order valence-corrected chi connectivity index (χ2v) is 5.35. The lowest BCUT2D eigenvalue weighted by molar-refractivity contribution is -0.385. The van der Waals surface area contributed by atoms with Gasteiger partial charge in [0, 0.05) is 26.1 Å². The van der Waals surface area contributed by atoms with Crippen molar-refractivity contribution < 1.29 is 19.6 Å². The van der Waals surface area contributed by atoms with Crippen molar-refractivity contribution >= 4 is 17.6 Å². The molecular weight excluding hydrogens is 292 g/mol. The second kappa shape index (κ2) is 8.11. The molecule has 22 heavy (non-hydrogen) atoms. The van der Waals surface area contributed by atoms with Crippen LogP contribution in [-0.2, 0) is 16.1 Å². The zero-order chi connectivity index (χ0) is 16.7. The van der Waals surface area contributed by atoms with Crippen LogP contribution in [0.15, 0.2) is 12.4 Å². The summed E-state index contributed by atoms with van der Waals surface area (Å²) < 4.78 is 1.33. The number of aryl methyl sites for hydroxylation is 1. The summed E-state index contributed by atoms with van der Waals surface area (Å²) in [4.78, 5) is 34.3. The molecule has 0 aliphatic rings. The van der Waals surface area contributed by atoms with Crippen molar-refractivity contribution in [1.29, 1.82) is 0 Å². The number of carboxylic acids is 1. The number of aliphatic carboxylic acids is 1. The van der Waals surface area contributed by atoms with Crippen LogP contribution in [0.5, 0.6) is 0 Å². The van der Waals surface area contributed by atoms with Crippen molar-refractivity contribution in [2.24, 2.45) is 5.92 Å². The van der Waals surface area contributed by atoms with Crippen LogP contribution in [0.25, 0.3) is 0 Å². The number of nitrogens with zero attached hydrogens (tertiary/aromatic N) is 4. The zero-order valence-electron chi connectivity index (χ0n) is 12.6. The summed E-state index contributed by atoms with van der Waals surface area (Å²) in [6.45, 7) is 4.74. The Morgan fingerprint density at radius 2 is 2.14 bits per heavy atom. The Balaban J connectivity index is 2.57. The fourth-order valence-electron chi connectivity index (χ4n) is 1.93. The molecule has 1 heterocycles. The zero-order valence-corrected chi connectivity index (χ0v) is 12.6. The Morgan fingerprint density at radius 3 is 2.64 bits per heavy atom. The Kier molecular flexibility index (Phi) is 6.48. The SMILES string of the molecule is CC(C)CN(CCC(=O)O)C(=O)CCn1cc([N+](=O)[O-])cn1. The fourth-order valence-corrected chi connectivity index (χ4v) is 1.93. The van der Waals surface area contributed by atoms with Crippen molar-refractivity contribution in [2.45, 2.75) is 33.2 Å². The van der Waals surface area contributed by atoms with E-state index in [0.717, 1.165) is 6.20 Å². The predicted molar refractivity (Wildman–Crippen MR) is 77.2 cm³/mol. The van der Waals surface area contributed by atoms with Gasteiger partial charge in [-0.3, -0.25) is 24.4 Å². The summed E-state index contributed by atoms with van der Waals surface area (Å²) >= 11 is 0. The first-order valence-electron chi connectivity index (χ1n) is 6.96. The van der Waals surface area contributed by atoms with Gasteiger partial charge in [0.25, 0.3) is 0 Å². The maximum atomic E-state index is 12.2. The van der Waals surface area contributed by atoms with Gasteiger partial charge in [-0.05, 0) is 5.92 Å². The van der Waals surface area contributed by atoms with E-state index in [1.165, 1.54) is 15.8 Å². The molecule has 9 nitrogen and oxygen atoms in total. The molecule has 0 bridgehead atoms. The monoisotopic (exact) mass is 312 g/mol. The van der Waals surface area contributed by atoms with Crippen molar-refractivity contribution in [2.75, 3.05) is 13.1 Å². The molecule has 0 saturated heterocycles. The topological polar surface area (TPSA) is 119 Å². The third kappa shape index (κ3) is 5.90. The van der Waals surface area contributed by atoms with Crippen LogP contribution in [0.3, 0.4) is 0 Å². The van der Waals surface area contributed by atoms with Crippen LogP contribution in [0.1, 0.15) is 26.7 Å². The summed E-state index contributed by atoms with van der Waals surface area (Å²) in [7, 11) is 0. The highest BCUT2D eigenvalue weighted by molar-refractivity contribution is 5.77. The van der Waals surface area contributed by atoms with Gasteiger partial charge >= 0.3 is 11.7 Å². The summed E-state index contributed by atoms with van der Waals surface area (Å²) in [5, 5.41) is 23.1. The Bertz CT molecular complexity index is 540. The number of carbonyl (C=O) groups is 2.